The monoisotopic (exact) mass is 1170 g/mol. The number of hydrogen-bond donors (Lipinski definition) is 0. The van der Waals surface area contributed by atoms with Gasteiger partial charge in [-0.25, -0.2) is 0 Å². The average molecular weight is 1170 g/mol. The van der Waals surface area contributed by atoms with Gasteiger partial charge in [-0.2, -0.15) is 0 Å². The van der Waals surface area contributed by atoms with Gasteiger partial charge >= 0.3 is 0 Å². The van der Waals surface area contributed by atoms with Gasteiger partial charge in [0.1, 0.15) is 61.0 Å². The highest BCUT2D eigenvalue weighted by atomic mass is 16.6. The summed E-state index contributed by atoms with van der Waals surface area (Å²) in [5, 5.41) is 0. The van der Waals surface area contributed by atoms with Gasteiger partial charge in [-0.1, -0.05) is 266 Å². The number of hydrogen-bond acceptors (Lipinski definition) is 10. The molecule has 10 nitrogen and oxygen atoms in total. The summed E-state index contributed by atoms with van der Waals surface area (Å²) in [6.45, 7) is 3.14. The van der Waals surface area contributed by atoms with Crippen molar-refractivity contribution in [3.05, 3.63) is 323 Å². The van der Waals surface area contributed by atoms with Crippen LogP contribution in [0.25, 0.3) is 0 Å². The summed E-state index contributed by atoms with van der Waals surface area (Å²) < 4.78 is 68.7. The van der Waals surface area contributed by atoms with Gasteiger partial charge in [0.05, 0.1) is 66.1 Å². The quantitative estimate of drug-likeness (QED) is 0.0488. The molecule has 0 bridgehead atoms. The van der Waals surface area contributed by atoms with Gasteiger partial charge in [-0.15, -0.1) is 0 Å². The molecule has 88 heavy (non-hydrogen) atoms. The first-order valence-corrected chi connectivity index (χ1v) is 30.2. The largest absolute Gasteiger partial charge is 0.374 e. The predicted molar refractivity (Wildman–Crippen MR) is 340 cm³/mol. The van der Waals surface area contributed by atoms with Crippen molar-refractivity contribution in [2.75, 3.05) is 13.2 Å². The highest BCUT2D eigenvalue weighted by Gasteiger charge is 2.49. The SMILES string of the molecule is C(#CC1OC(COCc2ccccc2)C(OCc2ccccc2)C(OCc2ccccc2)C1OCc1ccccc1)c1ccc(C#CC2OC(COCc3ccccc3)C(OCc3ccccc3)C(OCc3ccccc3)C2OCc2ccccc2)cc1. The van der Waals surface area contributed by atoms with Crippen molar-refractivity contribution >= 4 is 0 Å². The molecule has 0 saturated carbocycles. The van der Waals surface area contributed by atoms with Crippen molar-refractivity contribution in [2.24, 2.45) is 0 Å². The summed E-state index contributed by atoms with van der Waals surface area (Å²) in [5.41, 5.74) is 9.73. The van der Waals surface area contributed by atoms with Crippen molar-refractivity contribution in [1.82, 2.24) is 0 Å². The molecule has 0 aliphatic carbocycles. The van der Waals surface area contributed by atoms with Crippen LogP contribution in [0.1, 0.15) is 55.6 Å². The van der Waals surface area contributed by atoms with Crippen LogP contribution in [0.3, 0.4) is 0 Å². The molecule has 2 heterocycles. The summed E-state index contributed by atoms with van der Waals surface area (Å²) >= 11 is 0. The van der Waals surface area contributed by atoms with Gasteiger partial charge in [0.15, 0.2) is 0 Å². The molecule has 9 aromatic rings. The summed E-state index contributed by atoms with van der Waals surface area (Å²) in [6, 6.07) is 88.9. The van der Waals surface area contributed by atoms with Crippen LogP contribution < -0.4 is 0 Å². The van der Waals surface area contributed by atoms with Crippen molar-refractivity contribution in [1.29, 1.82) is 0 Å². The van der Waals surface area contributed by atoms with E-state index in [9.17, 15) is 0 Å². The molecule has 446 valence electrons. The Kier molecular flexibility index (Phi) is 23.1. The molecule has 9 aromatic carbocycles. The summed E-state index contributed by atoms with van der Waals surface area (Å²) in [6.07, 6.45) is -6.40. The standard InChI is InChI=1S/C78H74O10/c1-9-25-61(26-10-1)49-79-57-71-75(83-53-65-33-17-5-18-34-65)77(85-55-67-37-21-7-22-38-67)73(81-51-63-29-13-3-14-30-63)69(87-71)47-45-59-41-43-60(44-42-59)46-48-70-74(82-52-64-31-15-4-16-32-64)78(86-56-68-39-23-8-24-40-68)76(84-54-66-35-19-6-20-36-66)72(88-70)58-80-50-62-27-11-2-12-28-62/h1-44,69-78H,49-58H2. The van der Waals surface area contributed by atoms with E-state index in [0.717, 1.165) is 55.6 Å². The predicted octanol–water partition coefficient (Wildman–Crippen LogP) is 13.9. The molecule has 2 fully saturated rings. The maximum atomic E-state index is 7.07. The van der Waals surface area contributed by atoms with Crippen LogP contribution in [0, 0.1) is 23.7 Å². The summed E-state index contributed by atoms with van der Waals surface area (Å²) in [5.74, 6) is 13.9. The van der Waals surface area contributed by atoms with Crippen LogP contribution in [0.4, 0.5) is 0 Å². The van der Waals surface area contributed by atoms with Gasteiger partial charge in [0.2, 0.25) is 0 Å². The first kappa shape index (κ1) is 61.4. The molecule has 0 amide bonds. The zero-order chi connectivity index (χ0) is 59.6. The molecular formula is C78H74O10. The lowest BCUT2D eigenvalue weighted by molar-refractivity contribution is -0.261. The summed E-state index contributed by atoms with van der Waals surface area (Å²) in [4.78, 5) is 0. The molecule has 2 aliphatic heterocycles. The van der Waals surface area contributed by atoms with E-state index in [0.29, 0.717) is 52.9 Å². The van der Waals surface area contributed by atoms with Crippen LogP contribution in [-0.4, -0.2) is 74.3 Å². The van der Waals surface area contributed by atoms with Gasteiger partial charge in [-0.3, -0.25) is 0 Å². The topological polar surface area (TPSA) is 92.3 Å². The molecule has 0 radical (unpaired) electrons. The average Bonchev–Trinajstić information content (AvgIpc) is 2.37. The van der Waals surface area contributed by atoms with Gasteiger partial charge < -0.3 is 47.4 Å². The smallest absolute Gasteiger partial charge is 0.147 e. The molecule has 11 rings (SSSR count). The molecule has 2 saturated heterocycles. The molecule has 0 aromatic heterocycles. The fraction of sp³-hybridized carbons (Fsp3) is 0.256. The van der Waals surface area contributed by atoms with Gasteiger partial charge in [-0.05, 0) is 68.8 Å². The molecule has 2 aliphatic rings. The van der Waals surface area contributed by atoms with Crippen LogP contribution >= 0.6 is 0 Å². The lowest BCUT2D eigenvalue weighted by Gasteiger charge is -2.45. The minimum Gasteiger partial charge on any atom is -0.374 e. The summed E-state index contributed by atoms with van der Waals surface area (Å²) in [7, 11) is 0. The Labute approximate surface area is 518 Å². The first-order chi connectivity index (χ1) is 43.6. The normalized spacial score (nSPS) is 21.5. The van der Waals surface area contributed by atoms with E-state index in [1.54, 1.807) is 0 Å². The molecule has 0 N–H and O–H groups in total. The molecule has 10 atom stereocenters. The second-order valence-electron chi connectivity index (χ2n) is 21.9. The Balaban J connectivity index is 0.894. The number of rotatable bonds is 26. The van der Waals surface area contributed by atoms with Crippen molar-refractivity contribution in [2.45, 2.75) is 114 Å². The zero-order valence-electron chi connectivity index (χ0n) is 49.3. The second kappa shape index (κ2) is 33.2. The lowest BCUT2D eigenvalue weighted by Crippen LogP contribution is -2.60. The maximum absolute atomic E-state index is 7.07. The fourth-order valence-corrected chi connectivity index (χ4v) is 10.8. The van der Waals surface area contributed by atoms with E-state index in [4.69, 9.17) is 47.4 Å². The van der Waals surface area contributed by atoms with Crippen LogP contribution in [0.15, 0.2) is 267 Å². The zero-order valence-corrected chi connectivity index (χ0v) is 49.3. The second-order valence-corrected chi connectivity index (χ2v) is 21.9. The maximum Gasteiger partial charge on any atom is 0.147 e. The molecular weight excluding hydrogens is 1100 g/mol. The first-order valence-electron chi connectivity index (χ1n) is 30.2. The van der Waals surface area contributed by atoms with Crippen molar-refractivity contribution in [3.8, 4) is 23.7 Å². The number of benzene rings is 9. The fourth-order valence-electron chi connectivity index (χ4n) is 10.8. The van der Waals surface area contributed by atoms with E-state index in [-0.39, 0.29) is 13.2 Å². The highest BCUT2D eigenvalue weighted by Crippen LogP contribution is 2.33. The Morgan fingerprint density at radius 3 is 0.705 bits per heavy atom. The number of ether oxygens (including phenoxy) is 10. The Morgan fingerprint density at radius 1 is 0.239 bits per heavy atom. The van der Waals surface area contributed by atoms with E-state index in [1.807, 2.05) is 194 Å². The molecule has 10 heteroatoms. The van der Waals surface area contributed by atoms with E-state index < -0.39 is 61.0 Å². The molecule has 0 spiro atoms. The van der Waals surface area contributed by atoms with Gasteiger partial charge in [0, 0.05) is 11.1 Å². The molecule has 10 unspecified atom stereocenters. The van der Waals surface area contributed by atoms with Crippen LogP contribution in [0.5, 0.6) is 0 Å². The Hall–Kier alpha value is -8.30. The van der Waals surface area contributed by atoms with Crippen LogP contribution in [0.2, 0.25) is 0 Å². The van der Waals surface area contributed by atoms with Crippen LogP contribution in [-0.2, 0) is 100 Å². The third-order valence-corrected chi connectivity index (χ3v) is 15.4. The highest BCUT2D eigenvalue weighted by molar-refractivity contribution is 5.43. The van der Waals surface area contributed by atoms with Crippen molar-refractivity contribution < 1.29 is 47.4 Å². The Morgan fingerprint density at radius 2 is 0.455 bits per heavy atom. The Bertz CT molecular complexity index is 3310. The van der Waals surface area contributed by atoms with Gasteiger partial charge in [0.25, 0.3) is 0 Å². The lowest BCUT2D eigenvalue weighted by atomic mass is 9.93. The van der Waals surface area contributed by atoms with E-state index in [2.05, 4.69) is 96.5 Å². The third kappa shape index (κ3) is 18.4. The minimum atomic E-state index is -0.746. The third-order valence-electron chi connectivity index (χ3n) is 15.4. The minimum absolute atomic E-state index is 0.224. The van der Waals surface area contributed by atoms with E-state index >= 15 is 0 Å². The van der Waals surface area contributed by atoms with E-state index in [1.165, 1.54) is 0 Å². The van der Waals surface area contributed by atoms with Crippen molar-refractivity contribution in [3.63, 3.8) is 0 Å².